The number of hydrogen-bond acceptors (Lipinski definition) is 4. The minimum Gasteiger partial charge on any atom is -0.495 e. The van der Waals surface area contributed by atoms with Crippen molar-refractivity contribution in [3.8, 4) is 5.75 Å². The largest absolute Gasteiger partial charge is 0.495 e. The lowest BCUT2D eigenvalue weighted by molar-refractivity contribution is 0.0911. The van der Waals surface area contributed by atoms with Gasteiger partial charge in [-0.3, -0.25) is 0 Å². The SMILES string of the molecule is COc1ccccc1NC(=O)NCC(CN(C)C)C(O)c1ccccc1. The van der Waals surface area contributed by atoms with Crippen LogP contribution in [0.5, 0.6) is 5.75 Å². The number of para-hydroxylation sites is 2. The lowest BCUT2D eigenvalue weighted by atomic mass is 9.95. The number of urea groups is 1. The predicted molar refractivity (Wildman–Crippen MR) is 103 cm³/mol. The topological polar surface area (TPSA) is 73.8 Å². The first-order chi connectivity index (χ1) is 12.5. The van der Waals surface area contributed by atoms with Gasteiger partial charge in [0, 0.05) is 19.0 Å². The van der Waals surface area contributed by atoms with Gasteiger partial charge in [0.1, 0.15) is 5.75 Å². The van der Waals surface area contributed by atoms with Gasteiger partial charge in [-0.2, -0.15) is 0 Å². The third kappa shape index (κ3) is 5.75. The fraction of sp³-hybridized carbons (Fsp3) is 0.350. The first-order valence-corrected chi connectivity index (χ1v) is 8.57. The molecule has 0 aromatic heterocycles. The summed E-state index contributed by atoms with van der Waals surface area (Å²) in [5.41, 5.74) is 1.44. The van der Waals surface area contributed by atoms with Crippen molar-refractivity contribution < 1.29 is 14.6 Å². The summed E-state index contributed by atoms with van der Waals surface area (Å²) in [6, 6.07) is 16.4. The lowest BCUT2D eigenvalue weighted by Crippen LogP contribution is -2.39. The smallest absolute Gasteiger partial charge is 0.319 e. The molecular formula is C20H27N3O3. The highest BCUT2D eigenvalue weighted by molar-refractivity contribution is 5.90. The molecule has 2 rings (SSSR count). The second-order valence-electron chi connectivity index (χ2n) is 6.41. The number of carbonyl (C=O) groups is 1. The number of aliphatic hydroxyl groups is 1. The second kappa shape index (κ2) is 9.79. The molecule has 2 aromatic carbocycles. The molecule has 140 valence electrons. The molecule has 0 saturated heterocycles. The van der Waals surface area contributed by atoms with Crippen LogP contribution in [0.25, 0.3) is 0 Å². The number of hydrogen-bond donors (Lipinski definition) is 3. The number of methoxy groups -OCH3 is 1. The maximum absolute atomic E-state index is 12.3. The molecule has 2 atom stereocenters. The van der Waals surface area contributed by atoms with Gasteiger partial charge in [-0.25, -0.2) is 4.79 Å². The monoisotopic (exact) mass is 357 g/mol. The zero-order valence-electron chi connectivity index (χ0n) is 15.5. The Balaban J connectivity index is 1.99. The molecule has 0 spiro atoms. The highest BCUT2D eigenvalue weighted by Gasteiger charge is 2.22. The molecule has 2 amide bonds. The number of nitrogens with one attached hydrogen (secondary N) is 2. The van der Waals surface area contributed by atoms with Gasteiger partial charge in [-0.1, -0.05) is 42.5 Å². The summed E-state index contributed by atoms with van der Waals surface area (Å²) in [7, 11) is 5.45. The quantitative estimate of drug-likeness (QED) is 0.679. The van der Waals surface area contributed by atoms with Crippen molar-refractivity contribution in [1.29, 1.82) is 0 Å². The number of anilines is 1. The standard InChI is InChI=1S/C20H27N3O3/c1-23(2)14-16(19(24)15-9-5-4-6-10-15)13-21-20(25)22-17-11-7-8-12-18(17)26-3/h4-12,16,19,24H,13-14H2,1-3H3,(H2,21,22,25). The fourth-order valence-electron chi connectivity index (χ4n) is 2.81. The van der Waals surface area contributed by atoms with E-state index in [4.69, 9.17) is 4.74 Å². The van der Waals surface area contributed by atoms with Crippen LogP contribution in [-0.4, -0.2) is 50.3 Å². The number of nitrogens with zero attached hydrogens (tertiary/aromatic N) is 1. The summed E-state index contributed by atoms with van der Waals surface area (Å²) in [5.74, 6) is 0.452. The molecule has 0 aliphatic rings. The Labute approximate surface area is 154 Å². The fourth-order valence-corrected chi connectivity index (χ4v) is 2.81. The highest BCUT2D eigenvalue weighted by atomic mass is 16.5. The second-order valence-corrected chi connectivity index (χ2v) is 6.41. The van der Waals surface area contributed by atoms with Crippen molar-refractivity contribution in [3.05, 3.63) is 60.2 Å². The van der Waals surface area contributed by atoms with Crippen molar-refractivity contribution in [3.63, 3.8) is 0 Å². The molecule has 0 aliphatic carbocycles. The van der Waals surface area contributed by atoms with E-state index in [0.29, 0.717) is 24.5 Å². The van der Waals surface area contributed by atoms with Crippen LogP contribution < -0.4 is 15.4 Å². The third-order valence-electron chi connectivity index (χ3n) is 4.07. The maximum atomic E-state index is 12.3. The zero-order chi connectivity index (χ0) is 18.9. The Morgan fingerprint density at radius 2 is 1.77 bits per heavy atom. The predicted octanol–water partition coefficient (Wildman–Crippen LogP) is 2.73. The van der Waals surface area contributed by atoms with E-state index in [0.717, 1.165) is 5.56 Å². The molecule has 0 saturated carbocycles. The summed E-state index contributed by atoms with van der Waals surface area (Å²) in [5, 5.41) is 16.3. The molecule has 26 heavy (non-hydrogen) atoms. The maximum Gasteiger partial charge on any atom is 0.319 e. The van der Waals surface area contributed by atoms with E-state index < -0.39 is 6.10 Å². The molecular weight excluding hydrogens is 330 g/mol. The van der Waals surface area contributed by atoms with Crippen LogP contribution in [0, 0.1) is 5.92 Å². The van der Waals surface area contributed by atoms with Crippen molar-refractivity contribution >= 4 is 11.7 Å². The molecule has 0 fully saturated rings. The van der Waals surface area contributed by atoms with Crippen LogP contribution in [0.15, 0.2) is 54.6 Å². The Kier molecular flexibility index (Phi) is 7.44. The third-order valence-corrected chi connectivity index (χ3v) is 4.07. The number of carbonyl (C=O) groups excluding carboxylic acids is 1. The average Bonchev–Trinajstić information content (AvgIpc) is 2.65. The summed E-state index contributed by atoms with van der Waals surface area (Å²) in [4.78, 5) is 14.3. The molecule has 2 aromatic rings. The lowest BCUT2D eigenvalue weighted by Gasteiger charge is -2.26. The molecule has 0 heterocycles. The van der Waals surface area contributed by atoms with Crippen molar-refractivity contribution in [1.82, 2.24) is 10.2 Å². The van der Waals surface area contributed by atoms with Gasteiger partial charge in [-0.15, -0.1) is 0 Å². The molecule has 0 bridgehead atoms. The summed E-state index contributed by atoms with van der Waals surface area (Å²) < 4.78 is 5.23. The van der Waals surface area contributed by atoms with Gasteiger partial charge in [-0.05, 0) is 31.8 Å². The Hall–Kier alpha value is -2.57. The Bertz CT molecular complexity index is 692. The Morgan fingerprint density at radius 3 is 2.42 bits per heavy atom. The van der Waals surface area contributed by atoms with Gasteiger partial charge in [0.2, 0.25) is 0 Å². The van der Waals surface area contributed by atoms with Crippen molar-refractivity contribution in [2.75, 3.05) is 39.6 Å². The molecule has 0 radical (unpaired) electrons. The molecule has 0 aliphatic heterocycles. The van der Waals surface area contributed by atoms with E-state index in [9.17, 15) is 9.90 Å². The van der Waals surface area contributed by atoms with Crippen molar-refractivity contribution in [2.24, 2.45) is 5.92 Å². The van der Waals surface area contributed by atoms with Gasteiger partial charge >= 0.3 is 6.03 Å². The number of amides is 2. The molecule has 6 heteroatoms. The van der Waals surface area contributed by atoms with E-state index in [-0.39, 0.29) is 11.9 Å². The molecule has 2 unspecified atom stereocenters. The number of aliphatic hydroxyl groups excluding tert-OH is 1. The number of rotatable bonds is 8. The number of benzene rings is 2. The van der Waals surface area contributed by atoms with E-state index >= 15 is 0 Å². The summed E-state index contributed by atoms with van der Waals surface area (Å²) in [6.45, 7) is 0.986. The van der Waals surface area contributed by atoms with Crippen LogP contribution in [0.4, 0.5) is 10.5 Å². The molecule has 6 nitrogen and oxygen atoms in total. The minimum atomic E-state index is -0.662. The van der Waals surface area contributed by atoms with Gasteiger partial charge in [0.25, 0.3) is 0 Å². The summed E-state index contributed by atoms with van der Waals surface area (Å²) in [6.07, 6.45) is -0.662. The van der Waals surface area contributed by atoms with E-state index in [1.54, 1.807) is 19.2 Å². The number of ether oxygens (including phenoxy) is 1. The first-order valence-electron chi connectivity index (χ1n) is 8.57. The van der Waals surface area contributed by atoms with E-state index in [2.05, 4.69) is 10.6 Å². The molecule has 3 N–H and O–H groups in total. The minimum absolute atomic E-state index is 0.143. The zero-order valence-corrected chi connectivity index (χ0v) is 15.5. The average molecular weight is 357 g/mol. The van der Waals surface area contributed by atoms with Crippen LogP contribution in [0.3, 0.4) is 0 Å². The summed E-state index contributed by atoms with van der Waals surface area (Å²) >= 11 is 0. The normalized spacial score (nSPS) is 13.1. The van der Waals surface area contributed by atoms with Crippen molar-refractivity contribution in [2.45, 2.75) is 6.10 Å². The van der Waals surface area contributed by atoms with Crippen LogP contribution >= 0.6 is 0 Å². The van der Waals surface area contributed by atoms with E-state index in [1.807, 2.05) is 61.5 Å². The highest BCUT2D eigenvalue weighted by Crippen LogP contribution is 2.24. The van der Waals surface area contributed by atoms with Gasteiger partial charge in [0.05, 0.1) is 18.9 Å². The van der Waals surface area contributed by atoms with Crippen LogP contribution in [0.2, 0.25) is 0 Å². The van der Waals surface area contributed by atoms with E-state index in [1.165, 1.54) is 0 Å². The van der Waals surface area contributed by atoms with Crippen LogP contribution in [0.1, 0.15) is 11.7 Å². The van der Waals surface area contributed by atoms with Crippen LogP contribution in [-0.2, 0) is 0 Å². The van der Waals surface area contributed by atoms with Gasteiger partial charge < -0.3 is 25.4 Å². The first kappa shape index (κ1) is 19.8. The van der Waals surface area contributed by atoms with Gasteiger partial charge in [0.15, 0.2) is 0 Å². The Morgan fingerprint density at radius 1 is 1.12 bits per heavy atom.